The monoisotopic (exact) mass is 200 g/mol. The van der Waals surface area contributed by atoms with Gasteiger partial charge in [0.15, 0.2) is 0 Å². The van der Waals surface area contributed by atoms with Gasteiger partial charge in [0.05, 0.1) is 6.10 Å². The summed E-state index contributed by atoms with van der Waals surface area (Å²) in [6.07, 6.45) is 2.82. The van der Waals surface area contributed by atoms with Crippen LogP contribution in [0.15, 0.2) is 0 Å². The van der Waals surface area contributed by atoms with E-state index < -0.39 is 0 Å². The quantitative estimate of drug-likeness (QED) is 0.675. The maximum Gasteiger partial charge on any atom is 0.0604 e. The van der Waals surface area contributed by atoms with E-state index in [4.69, 9.17) is 10.5 Å². The summed E-state index contributed by atoms with van der Waals surface area (Å²) >= 11 is 0. The summed E-state index contributed by atoms with van der Waals surface area (Å²) in [5.74, 6) is 0. The lowest BCUT2D eigenvalue weighted by atomic mass is 9.87. The lowest BCUT2D eigenvalue weighted by molar-refractivity contribution is -0.0115. The predicted octanol–water partition coefficient (Wildman–Crippen LogP) is 1.13. The Balaban J connectivity index is 2.06. The van der Waals surface area contributed by atoms with Crippen LogP contribution in [-0.2, 0) is 4.74 Å². The number of nitrogens with one attached hydrogen (secondary N) is 1. The van der Waals surface area contributed by atoms with Crippen LogP contribution in [0.2, 0.25) is 0 Å². The molecule has 0 heterocycles. The molecule has 0 saturated heterocycles. The minimum Gasteiger partial charge on any atom is -0.378 e. The number of nitrogens with two attached hydrogens (primary N) is 1. The summed E-state index contributed by atoms with van der Waals surface area (Å²) < 4.78 is 5.50. The lowest BCUT2D eigenvalue weighted by Crippen LogP contribution is -2.49. The fourth-order valence-corrected chi connectivity index (χ4v) is 1.60. The van der Waals surface area contributed by atoms with Crippen LogP contribution in [0.4, 0.5) is 0 Å². The van der Waals surface area contributed by atoms with E-state index >= 15 is 0 Å². The molecule has 14 heavy (non-hydrogen) atoms. The van der Waals surface area contributed by atoms with Crippen molar-refractivity contribution in [3.8, 4) is 0 Å². The zero-order valence-electron chi connectivity index (χ0n) is 9.68. The molecule has 3 heteroatoms. The van der Waals surface area contributed by atoms with E-state index in [0.29, 0.717) is 12.1 Å². The van der Waals surface area contributed by atoms with Gasteiger partial charge in [-0.1, -0.05) is 13.8 Å². The number of hydrogen-bond donors (Lipinski definition) is 2. The van der Waals surface area contributed by atoms with Crippen LogP contribution in [0.3, 0.4) is 0 Å². The molecule has 0 aromatic carbocycles. The average Bonchev–Trinajstić information content (AvgIpc) is 2.09. The van der Waals surface area contributed by atoms with Gasteiger partial charge in [0.2, 0.25) is 0 Å². The molecular formula is C11H24N2O. The van der Waals surface area contributed by atoms with Crippen LogP contribution >= 0.6 is 0 Å². The van der Waals surface area contributed by atoms with Crippen LogP contribution in [0.1, 0.15) is 33.6 Å². The van der Waals surface area contributed by atoms with Crippen LogP contribution in [0.25, 0.3) is 0 Å². The molecule has 0 radical (unpaired) electrons. The van der Waals surface area contributed by atoms with E-state index in [1.54, 1.807) is 0 Å². The van der Waals surface area contributed by atoms with Gasteiger partial charge in [-0.3, -0.25) is 0 Å². The molecule has 0 atom stereocenters. The summed E-state index contributed by atoms with van der Waals surface area (Å²) in [6, 6.07) is 0.650. The van der Waals surface area contributed by atoms with Gasteiger partial charge in [0.1, 0.15) is 0 Å². The van der Waals surface area contributed by atoms with Crippen molar-refractivity contribution in [2.75, 3.05) is 19.7 Å². The molecule has 1 saturated carbocycles. The molecule has 1 aliphatic carbocycles. The topological polar surface area (TPSA) is 47.3 Å². The van der Waals surface area contributed by atoms with Gasteiger partial charge in [-0.2, -0.15) is 0 Å². The van der Waals surface area contributed by atoms with Crippen molar-refractivity contribution in [2.45, 2.75) is 45.8 Å². The molecule has 3 N–H and O–H groups in total. The van der Waals surface area contributed by atoms with Gasteiger partial charge in [0, 0.05) is 19.2 Å². The first kappa shape index (κ1) is 12.0. The average molecular weight is 200 g/mol. The Kier molecular flexibility index (Phi) is 4.35. The minimum atomic E-state index is 0.219. The molecular weight excluding hydrogens is 176 g/mol. The molecule has 0 aliphatic heterocycles. The van der Waals surface area contributed by atoms with Crippen molar-refractivity contribution in [3.63, 3.8) is 0 Å². The Hall–Kier alpha value is -0.120. The molecule has 0 aromatic heterocycles. The SMILES string of the molecule is CCOC1CC(NCC(C)(C)CN)C1. The molecule has 0 aromatic rings. The number of rotatable bonds is 6. The van der Waals surface area contributed by atoms with Gasteiger partial charge in [-0.05, 0) is 31.7 Å². The minimum absolute atomic E-state index is 0.219. The third-order valence-electron chi connectivity index (χ3n) is 2.92. The Morgan fingerprint density at radius 1 is 1.43 bits per heavy atom. The summed E-state index contributed by atoms with van der Waals surface area (Å²) in [5, 5.41) is 3.54. The zero-order chi connectivity index (χ0) is 10.6. The van der Waals surface area contributed by atoms with Gasteiger partial charge in [0.25, 0.3) is 0 Å². The summed E-state index contributed by atoms with van der Waals surface area (Å²) in [5.41, 5.74) is 5.88. The first-order valence-electron chi connectivity index (χ1n) is 5.62. The maximum absolute atomic E-state index is 5.66. The highest BCUT2D eigenvalue weighted by Gasteiger charge is 2.30. The largest absolute Gasteiger partial charge is 0.378 e. The molecule has 0 amide bonds. The molecule has 3 nitrogen and oxygen atoms in total. The zero-order valence-corrected chi connectivity index (χ0v) is 9.68. The Bertz CT molecular complexity index is 165. The number of ether oxygens (including phenoxy) is 1. The smallest absolute Gasteiger partial charge is 0.0604 e. The summed E-state index contributed by atoms with van der Waals surface area (Å²) in [4.78, 5) is 0. The van der Waals surface area contributed by atoms with Crippen LogP contribution in [0, 0.1) is 5.41 Å². The van der Waals surface area contributed by atoms with Gasteiger partial charge in [-0.15, -0.1) is 0 Å². The van der Waals surface area contributed by atoms with Crippen molar-refractivity contribution in [2.24, 2.45) is 11.1 Å². The highest BCUT2D eigenvalue weighted by Crippen LogP contribution is 2.24. The molecule has 1 fully saturated rings. The van der Waals surface area contributed by atoms with Crippen molar-refractivity contribution < 1.29 is 4.74 Å². The highest BCUT2D eigenvalue weighted by atomic mass is 16.5. The Morgan fingerprint density at radius 3 is 2.57 bits per heavy atom. The fraction of sp³-hybridized carbons (Fsp3) is 1.00. The standard InChI is InChI=1S/C11H24N2O/c1-4-14-10-5-9(6-10)13-8-11(2,3)7-12/h9-10,13H,4-8,12H2,1-3H3. The van der Waals surface area contributed by atoms with Crippen LogP contribution in [-0.4, -0.2) is 31.8 Å². The Labute approximate surface area is 87.4 Å². The van der Waals surface area contributed by atoms with E-state index in [-0.39, 0.29) is 5.41 Å². The van der Waals surface area contributed by atoms with Crippen molar-refractivity contribution in [1.29, 1.82) is 0 Å². The molecule has 1 rings (SSSR count). The highest BCUT2D eigenvalue weighted by molar-refractivity contribution is 4.87. The summed E-state index contributed by atoms with van der Waals surface area (Å²) in [6.45, 7) is 9.02. The molecule has 0 unspecified atom stereocenters. The van der Waals surface area contributed by atoms with E-state index in [1.807, 2.05) is 0 Å². The van der Waals surface area contributed by atoms with E-state index in [0.717, 1.165) is 32.5 Å². The first-order chi connectivity index (χ1) is 6.57. The number of hydrogen-bond acceptors (Lipinski definition) is 3. The maximum atomic E-state index is 5.66. The van der Waals surface area contributed by atoms with Gasteiger partial charge < -0.3 is 15.8 Å². The normalized spacial score (nSPS) is 27.4. The molecule has 0 spiro atoms. The van der Waals surface area contributed by atoms with E-state index in [1.165, 1.54) is 0 Å². The predicted molar refractivity (Wildman–Crippen MR) is 59.3 cm³/mol. The fourth-order valence-electron chi connectivity index (χ4n) is 1.60. The second-order valence-corrected chi connectivity index (χ2v) is 4.99. The second kappa shape index (κ2) is 5.10. The summed E-state index contributed by atoms with van der Waals surface area (Å²) in [7, 11) is 0. The van der Waals surface area contributed by atoms with Crippen molar-refractivity contribution >= 4 is 0 Å². The van der Waals surface area contributed by atoms with Crippen LogP contribution < -0.4 is 11.1 Å². The second-order valence-electron chi connectivity index (χ2n) is 4.99. The lowest BCUT2D eigenvalue weighted by Gasteiger charge is -2.37. The third kappa shape index (κ3) is 3.56. The Morgan fingerprint density at radius 2 is 2.07 bits per heavy atom. The third-order valence-corrected chi connectivity index (χ3v) is 2.92. The van der Waals surface area contributed by atoms with E-state index in [2.05, 4.69) is 26.1 Å². The molecule has 1 aliphatic rings. The van der Waals surface area contributed by atoms with Crippen LogP contribution in [0.5, 0.6) is 0 Å². The van der Waals surface area contributed by atoms with Gasteiger partial charge in [-0.25, -0.2) is 0 Å². The molecule has 0 bridgehead atoms. The first-order valence-corrected chi connectivity index (χ1v) is 5.62. The van der Waals surface area contributed by atoms with E-state index in [9.17, 15) is 0 Å². The van der Waals surface area contributed by atoms with Crippen molar-refractivity contribution in [3.05, 3.63) is 0 Å². The van der Waals surface area contributed by atoms with Gasteiger partial charge >= 0.3 is 0 Å². The van der Waals surface area contributed by atoms with Crippen molar-refractivity contribution in [1.82, 2.24) is 5.32 Å². The molecule has 84 valence electrons.